The molecule has 0 radical (unpaired) electrons. The molecule has 2 aromatic heterocycles. The number of anilines is 1. The van der Waals surface area contributed by atoms with Crippen molar-refractivity contribution in [3.8, 4) is 5.75 Å². The van der Waals surface area contributed by atoms with Crippen LogP contribution in [0.15, 0.2) is 39.9 Å². The first-order chi connectivity index (χ1) is 18.0. The van der Waals surface area contributed by atoms with Crippen LogP contribution in [-0.4, -0.2) is 88.1 Å². The van der Waals surface area contributed by atoms with Gasteiger partial charge in [0.1, 0.15) is 9.96 Å². The number of carbonyl (C=O) groups is 1. The molecular formula is C25H32N4O5S3. The lowest BCUT2D eigenvalue weighted by Gasteiger charge is -2.34. The van der Waals surface area contributed by atoms with E-state index in [1.165, 1.54) is 27.0 Å². The van der Waals surface area contributed by atoms with Crippen LogP contribution < -0.4 is 9.64 Å². The van der Waals surface area contributed by atoms with Crippen LogP contribution in [-0.2, 0) is 19.6 Å². The number of sulfonamides is 1. The second-order valence-corrected chi connectivity index (χ2v) is 13.4. The molecule has 2 aliphatic heterocycles. The average molecular weight is 565 g/mol. The van der Waals surface area contributed by atoms with Gasteiger partial charge in [0, 0.05) is 39.3 Å². The number of carbonyl (C=O) groups excluding carboxylic acids is 1. The molecule has 2 fully saturated rings. The highest BCUT2D eigenvalue weighted by molar-refractivity contribution is 7.91. The minimum Gasteiger partial charge on any atom is -0.497 e. The predicted molar refractivity (Wildman–Crippen MR) is 146 cm³/mol. The van der Waals surface area contributed by atoms with Crippen LogP contribution in [0, 0.1) is 5.92 Å². The van der Waals surface area contributed by atoms with E-state index in [1.54, 1.807) is 29.5 Å². The van der Waals surface area contributed by atoms with Gasteiger partial charge in [-0.25, -0.2) is 13.4 Å². The summed E-state index contributed by atoms with van der Waals surface area (Å²) in [5.41, 5.74) is 0.817. The molecule has 200 valence electrons. The molecule has 0 aliphatic carbocycles. The zero-order valence-corrected chi connectivity index (χ0v) is 23.3. The maximum absolute atomic E-state index is 14.0. The summed E-state index contributed by atoms with van der Waals surface area (Å²) >= 11 is 2.68. The van der Waals surface area contributed by atoms with Crippen LogP contribution >= 0.6 is 22.7 Å². The Morgan fingerprint density at radius 3 is 2.84 bits per heavy atom. The van der Waals surface area contributed by atoms with Crippen LogP contribution in [0.25, 0.3) is 10.2 Å². The molecule has 1 unspecified atom stereocenters. The number of amides is 1. The Morgan fingerprint density at radius 2 is 2.08 bits per heavy atom. The maximum atomic E-state index is 14.0. The minimum atomic E-state index is -3.60. The number of hydrogen-bond donors (Lipinski definition) is 0. The zero-order valence-electron chi connectivity index (χ0n) is 20.9. The molecule has 4 heterocycles. The second kappa shape index (κ2) is 11.7. The first kappa shape index (κ1) is 26.5. The molecule has 2 saturated heterocycles. The van der Waals surface area contributed by atoms with Crippen molar-refractivity contribution in [2.24, 2.45) is 5.92 Å². The number of methoxy groups -OCH3 is 1. The Hall–Kier alpha value is -2.09. The summed E-state index contributed by atoms with van der Waals surface area (Å²) < 4.78 is 39.9. The third kappa shape index (κ3) is 5.99. The molecular weight excluding hydrogens is 532 g/mol. The van der Waals surface area contributed by atoms with E-state index >= 15 is 0 Å². The largest absolute Gasteiger partial charge is 0.497 e. The van der Waals surface area contributed by atoms with E-state index < -0.39 is 15.9 Å². The van der Waals surface area contributed by atoms with E-state index in [4.69, 9.17) is 14.5 Å². The van der Waals surface area contributed by atoms with Gasteiger partial charge in [0.2, 0.25) is 5.91 Å². The van der Waals surface area contributed by atoms with Gasteiger partial charge in [0.25, 0.3) is 10.0 Å². The fraction of sp³-hybridized carbons (Fsp3) is 0.520. The predicted octanol–water partition coefficient (Wildman–Crippen LogP) is 3.52. The smallest absolute Gasteiger partial charge is 0.252 e. The normalized spacial score (nSPS) is 19.8. The zero-order chi connectivity index (χ0) is 25.8. The summed E-state index contributed by atoms with van der Waals surface area (Å²) in [6, 6.07) is 9.06. The van der Waals surface area contributed by atoms with E-state index in [0.717, 1.165) is 55.2 Å². The number of aromatic nitrogens is 1. The van der Waals surface area contributed by atoms with E-state index in [9.17, 15) is 13.2 Å². The number of thiophene rings is 1. The quantitative estimate of drug-likeness (QED) is 0.393. The van der Waals surface area contributed by atoms with Crippen LogP contribution in [0.3, 0.4) is 0 Å². The van der Waals surface area contributed by atoms with Crippen molar-refractivity contribution in [1.29, 1.82) is 0 Å². The van der Waals surface area contributed by atoms with Crippen molar-refractivity contribution < 1.29 is 22.7 Å². The minimum absolute atomic E-state index is 0.0564. The van der Waals surface area contributed by atoms with Gasteiger partial charge in [-0.1, -0.05) is 17.4 Å². The highest BCUT2D eigenvalue weighted by Gasteiger charge is 2.36. The Balaban J connectivity index is 1.36. The summed E-state index contributed by atoms with van der Waals surface area (Å²) in [4.78, 5) is 22.9. The van der Waals surface area contributed by atoms with Gasteiger partial charge < -0.3 is 9.47 Å². The van der Waals surface area contributed by atoms with Crippen LogP contribution in [0.1, 0.15) is 19.3 Å². The molecule has 2 aliphatic rings. The van der Waals surface area contributed by atoms with Gasteiger partial charge in [-0.15, -0.1) is 11.3 Å². The summed E-state index contributed by atoms with van der Waals surface area (Å²) in [7, 11) is -1.97. The standard InChI is InChI=1S/C25H32N4O5S3/c1-33-20-7-8-21-22(17-20)36-25(26-21)29(11-4-9-27-12-14-34-15-13-27)24(30)19-5-2-10-28(18-19)37(31,32)23-6-3-16-35-23/h3,6-8,16-17,19H,2,4-5,9-15,18H2,1H3. The molecule has 1 atom stereocenters. The molecule has 37 heavy (non-hydrogen) atoms. The summed E-state index contributed by atoms with van der Waals surface area (Å²) in [6.45, 7) is 5.29. The SMILES string of the molecule is COc1ccc2nc(N(CCCN3CCOCC3)C(=O)C3CCCN(S(=O)(=O)c4cccs4)C3)sc2c1. The number of thiazole rings is 1. The van der Waals surface area contributed by atoms with Gasteiger partial charge in [-0.05, 0) is 48.9 Å². The first-order valence-electron chi connectivity index (χ1n) is 12.6. The molecule has 1 amide bonds. The number of piperidine rings is 1. The van der Waals surface area contributed by atoms with Crippen molar-refractivity contribution in [2.75, 3.05) is 64.5 Å². The lowest BCUT2D eigenvalue weighted by Crippen LogP contribution is -2.47. The van der Waals surface area contributed by atoms with Crippen molar-refractivity contribution in [3.63, 3.8) is 0 Å². The molecule has 5 rings (SSSR count). The van der Waals surface area contributed by atoms with E-state index in [-0.39, 0.29) is 12.5 Å². The van der Waals surface area contributed by atoms with E-state index in [0.29, 0.717) is 35.3 Å². The molecule has 0 bridgehead atoms. The van der Waals surface area contributed by atoms with Crippen LogP contribution in [0.5, 0.6) is 5.75 Å². The van der Waals surface area contributed by atoms with Crippen molar-refractivity contribution >= 4 is 54.0 Å². The van der Waals surface area contributed by atoms with Gasteiger partial charge in [0.05, 0.1) is 36.5 Å². The fourth-order valence-corrected chi connectivity index (χ4v) is 8.53. The highest BCUT2D eigenvalue weighted by Crippen LogP contribution is 2.34. The Morgan fingerprint density at radius 1 is 1.24 bits per heavy atom. The van der Waals surface area contributed by atoms with Crippen LogP contribution in [0.4, 0.5) is 5.13 Å². The van der Waals surface area contributed by atoms with E-state index in [1.807, 2.05) is 18.2 Å². The van der Waals surface area contributed by atoms with Crippen molar-refractivity contribution in [3.05, 3.63) is 35.7 Å². The van der Waals surface area contributed by atoms with Gasteiger partial charge in [-0.3, -0.25) is 14.6 Å². The topological polar surface area (TPSA) is 92.3 Å². The molecule has 1 aromatic carbocycles. The number of morpholine rings is 1. The number of ether oxygens (including phenoxy) is 2. The monoisotopic (exact) mass is 564 g/mol. The first-order valence-corrected chi connectivity index (χ1v) is 15.7. The fourth-order valence-electron chi connectivity index (χ4n) is 4.83. The average Bonchev–Trinajstić information content (AvgIpc) is 3.62. The number of benzene rings is 1. The molecule has 0 N–H and O–H groups in total. The summed E-state index contributed by atoms with van der Waals surface area (Å²) in [5, 5.41) is 2.41. The van der Waals surface area contributed by atoms with Crippen LogP contribution in [0.2, 0.25) is 0 Å². The molecule has 0 saturated carbocycles. The number of rotatable bonds is 9. The highest BCUT2D eigenvalue weighted by atomic mass is 32.2. The third-order valence-electron chi connectivity index (χ3n) is 6.86. The lowest BCUT2D eigenvalue weighted by atomic mass is 9.98. The number of hydrogen-bond acceptors (Lipinski definition) is 9. The number of nitrogens with zero attached hydrogens (tertiary/aromatic N) is 4. The maximum Gasteiger partial charge on any atom is 0.252 e. The second-order valence-electron chi connectivity index (χ2n) is 9.26. The molecule has 12 heteroatoms. The van der Waals surface area contributed by atoms with Crippen molar-refractivity contribution in [2.45, 2.75) is 23.5 Å². The van der Waals surface area contributed by atoms with Crippen molar-refractivity contribution in [1.82, 2.24) is 14.2 Å². The van der Waals surface area contributed by atoms with Gasteiger partial charge in [0.15, 0.2) is 5.13 Å². The Bertz CT molecular complexity index is 1310. The van der Waals surface area contributed by atoms with E-state index in [2.05, 4.69) is 4.90 Å². The lowest BCUT2D eigenvalue weighted by molar-refractivity contribution is -0.123. The Labute approximate surface area is 225 Å². The molecule has 3 aromatic rings. The third-order valence-corrected chi connectivity index (χ3v) is 11.1. The van der Waals surface area contributed by atoms with Gasteiger partial charge >= 0.3 is 0 Å². The Kier molecular flexibility index (Phi) is 8.42. The number of fused-ring (bicyclic) bond motifs is 1. The van der Waals surface area contributed by atoms with Gasteiger partial charge in [-0.2, -0.15) is 4.31 Å². The molecule has 0 spiro atoms. The summed E-state index contributed by atoms with van der Waals surface area (Å²) in [6.07, 6.45) is 2.11. The summed E-state index contributed by atoms with van der Waals surface area (Å²) in [5.74, 6) is 0.280. The molecule has 9 nitrogen and oxygen atoms in total.